The summed E-state index contributed by atoms with van der Waals surface area (Å²) in [6.07, 6.45) is 8.24. The summed E-state index contributed by atoms with van der Waals surface area (Å²) in [6, 6.07) is 0. The van der Waals surface area contributed by atoms with E-state index in [-0.39, 0.29) is 13.2 Å². The van der Waals surface area contributed by atoms with Crippen molar-refractivity contribution in [2.24, 2.45) is 0 Å². The van der Waals surface area contributed by atoms with Gasteiger partial charge in [0.1, 0.15) is 6.10 Å². The minimum absolute atomic E-state index is 0.115. The Labute approximate surface area is 86.4 Å². The average molecular weight is 202 g/mol. The predicted octanol–water partition coefficient (Wildman–Crippen LogP) is 1.49. The summed E-state index contributed by atoms with van der Waals surface area (Å²) in [5.41, 5.74) is 0. The third-order valence-electron chi connectivity index (χ3n) is 1.94. The molecule has 0 heterocycles. The molecule has 0 fully saturated rings. The van der Waals surface area contributed by atoms with E-state index in [9.17, 15) is 0 Å². The fourth-order valence-electron chi connectivity index (χ4n) is 1.02. The largest absolute Gasteiger partial charge is 0.394 e. The van der Waals surface area contributed by atoms with Crippen molar-refractivity contribution in [3.05, 3.63) is 12.2 Å². The van der Waals surface area contributed by atoms with Gasteiger partial charge in [-0.15, -0.1) is 0 Å². The maximum absolute atomic E-state index is 8.70. The third-order valence-corrected chi connectivity index (χ3v) is 1.94. The topological polar surface area (TPSA) is 49.7 Å². The van der Waals surface area contributed by atoms with Crippen molar-refractivity contribution in [1.82, 2.24) is 0 Å². The fraction of sp³-hybridized carbons (Fsp3) is 0.818. The van der Waals surface area contributed by atoms with Gasteiger partial charge in [0.05, 0.1) is 19.8 Å². The highest BCUT2D eigenvalue weighted by atomic mass is 16.5. The minimum Gasteiger partial charge on any atom is -0.394 e. The molecule has 0 aromatic heterocycles. The molecule has 0 saturated heterocycles. The lowest BCUT2D eigenvalue weighted by Crippen LogP contribution is -2.22. The Morgan fingerprint density at radius 3 is 2.36 bits per heavy atom. The molecule has 0 aliphatic rings. The number of rotatable bonds is 9. The van der Waals surface area contributed by atoms with E-state index in [1.54, 1.807) is 0 Å². The number of allylic oxidation sites excluding steroid dienone is 1. The highest BCUT2D eigenvalue weighted by Crippen LogP contribution is 1.97. The zero-order valence-corrected chi connectivity index (χ0v) is 8.98. The van der Waals surface area contributed by atoms with Crippen molar-refractivity contribution in [2.75, 3.05) is 19.8 Å². The molecule has 0 bridgehead atoms. The molecule has 0 amide bonds. The molecule has 0 atom stereocenters. The van der Waals surface area contributed by atoms with Crippen LogP contribution in [0.5, 0.6) is 0 Å². The summed E-state index contributed by atoms with van der Waals surface area (Å²) in [5.74, 6) is 0. The van der Waals surface area contributed by atoms with E-state index in [2.05, 4.69) is 19.1 Å². The Hall–Kier alpha value is -0.380. The lowest BCUT2D eigenvalue weighted by molar-refractivity contribution is -0.0176. The summed E-state index contributed by atoms with van der Waals surface area (Å²) in [5, 5.41) is 17.4. The summed E-state index contributed by atoms with van der Waals surface area (Å²) < 4.78 is 5.20. The van der Waals surface area contributed by atoms with E-state index in [0.717, 1.165) is 12.8 Å². The first-order valence-electron chi connectivity index (χ1n) is 5.33. The normalized spacial score (nSPS) is 11.7. The summed E-state index contributed by atoms with van der Waals surface area (Å²) in [7, 11) is 0. The number of unbranched alkanes of at least 4 members (excludes halogenated alkanes) is 2. The van der Waals surface area contributed by atoms with Crippen LogP contribution in [0.3, 0.4) is 0 Å². The van der Waals surface area contributed by atoms with Crippen LogP contribution < -0.4 is 0 Å². The molecule has 0 saturated carbocycles. The quantitative estimate of drug-likeness (QED) is 0.440. The van der Waals surface area contributed by atoms with Crippen LogP contribution in [0.1, 0.15) is 32.6 Å². The molecule has 0 unspecified atom stereocenters. The number of hydrogen-bond acceptors (Lipinski definition) is 3. The first-order chi connectivity index (χ1) is 6.85. The first-order valence-corrected chi connectivity index (χ1v) is 5.33. The van der Waals surface area contributed by atoms with Gasteiger partial charge in [-0.2, -0.15) is 0 Å². The van der Waals surface area contributed by atoms with Crippen LogP contribution in [0.15, 0.2) is 12.2 Å². The maximum Gasteiger partial charge on any atom is 0.104 e. The molecule has 2 N–H and O–H groups in total. The highest BCUT2D eigenvalue weighted by Gasteiger charge is 2.03. The van der Waals surface area contributed by atoms with Gasteiger partial charge in [-0.05, 0) is 12.8 Å². The first kappa shape index (κ1) is 13.6. The molecular formula is C11H22O3. The molecule has 14 heavy (non-hydrogen) atoms. The van der Waals surface area contributed by atoms with E-state index in [4.69, 9.17) is 14.9 Å². The molecular weight excluding hydrogens is 180 g/mol. The van der Waals surface area contributed by atoms with Gasteiger partial charge in [-0.3, -0.25) is 0 Å². The van der Waals surface area contributed by atoms with Crippen LogP contribution in [-0.4, -0.2) is 36.1 Å². The van der Waals surface area contributed by atoms with Crippen LogP contribution in [0.4, 0.5) is 0 Å². The number of aliphatic hydroxyl groups excluding tert-OH is 2. The number of ether oxygens (including phenoxy) is 1. The Balaban J connectivity index is 3.23. The number of hydrogen-bond donors (Lipinski definition) is 2. The van der Waals surface area contributed by atoms with E-state index >= 15 is 0 Å². The summed E-state index contributed by atoms with van der Waals surface area (Å²) in [6.45, 7) is 2.50. The predicted molar refractivity (Wildman–Crippen MR) is 57.2 cm³/mol. The minimum atomic E-state index is -0.418. The molecule has 0 aromatic carbocycles. The van der Waals surface area contributed by atoms with Crippen molar-refractivity contribution in [3.63, 3.8) is 0 Å². The van der Waals surface area contributed by atoms with Crippen molar-refractivity contribution in [1.29, 1.82) is 0 Å². The smallest absolute Gasteiger partial charge is 0.104 e. The second kappa shape index (κ2) is 10.7. The van der Waals surface area contributed by atoms with E-state index in [1.165, 1.54) is 12.8 Å². The SMILES string of the molecule is CCCC/C=C/CCOC(CO)CO. The van der Waals surface area contributed by atoms with Gasteiger partial charge in [0, 0.05) is 0 Å². The lowest BCUT2D eigenvalue weighted by atomic mass is 10.2. The maximum atomic E-state index is 8.70. The van der Waals surface area contributed by atoms with Gasteiger partial charge >= 0.3 is 0 Å². The van der Waals surface area contributed by atoms with E-state index in [0.29, 0.717) is 6.61 Å². The van der Waals surface area contributed by atoms with Crippen LogP contribution in [0.2, 0.25) is 0 Å². The van der Waals surface area contributed by atoms with Gasteiger partial charge in [-0.25, -0.2) is 0 Å². The van der Waals surface area contributed by atoms with Gasteiger partial charge < -0.3 is 14.9 Å². The molecule has 0 aliphatic heterocycles. The van der Waals surface area contributed by atoms with Gasteiger partial charge in [-0.1, -0.05) is 31.9 Å². The summed E-state index contributed by atoms with van der Waals surface area (Å²) in [4.78, 5) is 0. The second-order valence-electron chi connectivity index (χ2n) is 3.26. The van der Waals surface area contributed by atoms with E-state index in [1.807, 2.05) is 0 Å². The molecule has 0 aliphatic carbocycles. The molecule has 0 spiro atoms. The molecule has 3 heteroatoms. The Kier molecular flexibility index (Phi) is 10.4. The Bertz CT molecular complexity index is 130. The van der Waals surface area contributed by atoms with Crippen molar-refractivity contribution in [3.8, 4) is 0 Å². The molecule has 3 nitrogen and oxygen atoms in total. The van der Waals surface area contributed by atoms with Crippen molar-refractivity contribution in [2.45, 2.75) is 38.7 Å². The van der Waals surface area contributed by atoms with Crippen LogP contribution in [0, 0.1) is 0 Å². The van der Waals surface area contributed by atoms with Gasteiger partial charge in [0.15, 0.2) is 0 Å². The molecule has 0 rings (SSSR count). The Morgan fingerprint density at radius 2 is 1.79 bits per heavy atom. The molecule has 0 radical (unpaired) electrons. The molecule has 84 valence electrons. The fourth-order valence-corrected chi connectivity index (χ4v) is 1.02. The third kappa shape index (κ3) is 8.23. The average Bonchev–Trinajstić information content (AvgIpc) is 2.22. The summed E-state index contributed by atoms with van der Waals surface area (Å²) >= 11 is 0. The lowest BCUT2D eigenvalue weighted by Gasteiger charge is -2.10. The monoisotopic (exact) mass is 202 g/mol. The highest BCUT2D eigenvalue weighted by molar-refractivity contribution is 4.81. The van der Waals surface area contributed by atoms with E-state index < -0.39 is 6.10 Å². The zero-order chi connectivity index (χ0) is 10.6. The van der Waals surface area contributed by atoms with Crippen molar-refractivity contribution < 1.29 is 14.9 Å². The number of aliphatic hydroxyl groups is 2. The van der Waals surface area contributed by atoms with Gasteiger partial charge in [0.25, 0.3) is 0 Å². The van der Waals surface area contributed by atoms with Crippen LogP contribution in [0.25, 0.3) is 0 Å². The van der Waals surface area contributed by atoms with Gasteiger partial charge in [0.2, 0.25) is 0 Å². The van der Waals surface area contributed by atoms with Crippen LogP contribution in [-0.2, 0) is 4.74 Å². The Morgan fingerprint density at radius 1 is 1.14 bits per heavy atom. The second-order valence-corrected chi connectivity index (χ2v) is 3.26. The zero-order valence-electron chi connectivity index (χ0n) is 8.98. The standard InChI is InChI=1S/C11H22O3/c1-2-3-4-5-6-7-8-14-11(9-12)10-13/h5-6,11-13H,2-4,7-10H2,1H3/b6-5+. The van der Waals surface area contributed by atoms with Crippen molar-refractivity contribution >= 4 is 0 Å². The molecule has 0 aromatic rings. The van der Waals surface area contributed by atoms with Crippen LogP contribution >= 0.6 is 0 Å².